The first-order chi connectivity index (χ1) is 12.0. The van der Waals surface area contributed by atoms with Crippen molar-refractivity contribution in [1.29, 1.82) is 5.26 Å². The maximum atomic E-state index is 12.2. The van der Waals surface area contributed by atoms with Crippen LogP contribution in [0.1, 0.15) is 41.6 Å². The second kappa shape index (κ2) is 6.77. The van der Waals surface area contributed by atoms with Crippen LogP contribution in [0.3, 0.4) is 0 Å². The Hall–Kier alpha value is -3.14. The summed E-state index contributed by atoms with van der Waals surface area (Å²) < 4.78 is 6.45. The molecule has 2 heterocycles. The molecule has 0 bridgehead atoms. The fraction of sp³-hybridized carbons (Fsp3) is 0.333. The highest BCUT2D eigenvalue weighted by molar-refractivity contribution is 5.95. The third-order valence-corrected chi connectivity index (χ3v) is 4.20. The number of ether oxygens (including phenoxy) is 1. The van der Waals surface area contributed by atoms with Crippen molar-refractivity contribution >= 4 is 17.7 Å². The van der Waals surface area contributed by atoms with Crippen LogP contribution in [0, 0.1) is 18.3 Å². The number of aryl methyl sites for hydroxylation is 1. The molecule has 7 heteroatoms. The number of carbonyl (C=O) groups is 2. The van der Waals surface area contributed by atoms with Crippen LogP contribution in [0.25, 0.3) is 0 Å². The first-order valence-corrected chi connectivity index (χ1v) is 8.06. The van der Waals surface area contributed by atoms with E-state index in [0.717, 1.165) is 16.8 Å². The Kier molecular flexibility index (Phi) is 4.52. The Balaban J connectivity index is 2.00. The van der Waals surface area contributed by atoms with E-state index in [0.29, 0.717) is 24.4 Å². The Labute approximate surface area is 145 Å². The lowest BCUT2D eigenvalue weighted by molar-refractivity contribution is -0.144. The highest BCUT2D eigenvalue weighted by Crippen LogP contribution is 2.39. The first kappa shape index (κ1) is 16.7. The Morgan fingerprint density at radius 2 is 2.16 bits per heavy atom. The van der Waals surface area contributed by atoms with Crippen LogP contribution in [0.4, 0.5) is 5.82 Å². The number of carbonyl (C=O) groups excluding carboxylic acids is 2. The van der Waals surface area contributed by atoms with Gasteiger partial charge in [-0.3, -0.25) is 9.59 Å². The minimum absolute atomic E-state index is 0.0512. The molecule has 1 aromatic heterocycles. The van der Waals surface area contributed by atoms with E-state index >= 15 is 0 Å². The monoisotopic (exact) mass is 338 g/mol. The predicted molar refractivity (Wildman–Crippen MR) is 89.8 cm³/mol. The van der Waals surface area contributed by atoms with Crippen molar-refractivity contribution in [2.24, 2.45) is 0 Å². The van der Waals surface area contributed by atoms with Crippen LogP contribution in [0.15, 0.2) is 24.3 Å². The number of hydrogen-bond donors (Lipinski definition) is 1. The van der Waals surface area contributed by atoms with Gasteiger partial charge in [-0.25, -0.2) is 4.68 Å². The van der Waals surface area contributed by atoms with Gasteiger partial charge < -0.3 is 10.1 Å². The highest BCUT2D eigenvalue weighted by Gasteiger charge is 2.32. The summed E-state index contributed by atoms with van der Waals surface area (Å²) in [6, 6.07) is 9.27. The summed E-state index contributed by atoms with van der Waals surface area (Å²) in [4.78, 5) is 24.0. The molecule has 0 aliphatic carbocycles. The molecule has 1 aliphatic rings. The van der Waals surface area contributed by atoms with E-state index in [1.165, 1.54) is 4.68 Å². The average molecular weight is 338 g/mol. The zero-order valence-electron chi connectivity index (χ0n) is 14.1. The van der Waals surface area contributed by atoms with Gasteiger partial charge in [-0.1, -0.05) is 12.1 Å². The topological polar surface area (TPSA) is 97.0 Å². The average Bonchev–Trinajstić information content (AvgIpc) is 2.90. The molecule has 1 amide bonds. The van der Waals surface area contributed by atoms with E-state index in [9.17, 15) is 9.59 Å². The van der Waals surface area contributed by atoms with E-state index in [4.69, 9.17) is 10.00 Å². The number of hydrogen-bond acceptors (Lipinski definition) is 5. The molecule has 1 N–H and O–H groups in total. The molecule has 2 aromatic rings. The summed E-state index contributed by atoms with van der Waals surface area (Å²) in [6.07, 6.45) is 0.296. The molecule has 25 heavy (non-hydrogen) atoms. The maximum absolute atomic E-state index is 12.2. The van der Waals surface area contributed by atoms with Crippen molar-refractivity contribution < 1.29 is 14.3 Å². The highest BCUT2D eigenvalue weighted by atomic mass is 16.5. The molecule has 1 aromatic carbocycles. The van der Waals surface area contributed by atoms with Crippen LogP contribution in [0.5, 0.6) is 0 Å². The molecule has 1 unspecified atom stereocenters. The summed E-state index contributed by atoms with van der Waals surface area (Å²) in [6.45, 7) is 3.84. The van der Waals surface area contributed by atoms with Gasteiger partial charge in [-0.2, -0.15) is 10.4 Å². The van der Waals surface area contributed by atoms with E-state index < -0.39 is 5.97 Å². The molecule has 0 saturated heterocycles. The predicted octanol–water partition coefficient (Wildman–Crippen LogP) is 2.10. The first-order valence-electron chi connectivity index (χ1n) is 8.06. The largest absolute Gasteiger partial charge is 0.465 e. The van der Waals surface area contributed by atoms with Crippen LogP contribution < -0.4 is 5.32 Å². The van der Waals surface area contributed by atoms with Crippen molar-refractivity contribution in [3.8, 4) is 6.07 Å². The number of fused-ring (bicyclic) bond motifs is 1. The zero-order chi connectivity index (χ0) is 18.0. The summed E-state index contributed by atoms with van der Waals surface area (Å²) in [5, 5.41) is 16.2. The molecule has 7 nitrogen and oxygen atoms in total. The van der Waals surface area contributed by atoms with Crippen molar-refractivity contribution in [2.75, 3.05) is 11.9 Å². The summed E-state index contributed by atoms with van der Waals surface area (Å²) >= 11 is 0. The molecule has 1 atom stereocenters. The number of aromatic nitrogens is 2. The molecule has 0 fully saturated rings. The van der Waals surface area contributed by atoms with Crippen molar-refractivity contribution in [2.45, 2.75) is 32.7 Å². The van der Waals surface area contributed by atoms with Gasteiger partial charge in [0.2, 0.25) is 5.91 Å². The van der Waals surface area contributed by atoms with Gasteiger partial charge in [-0.15, -0.1) is 0 Å². The lowest BCUT2D eigenvalue weighted by atomic mass is 9.85. The lowest BCUT2D eigenvalue weighted by Crippen LogP contribution is -2.26. The van der Waals surface area contributed by atoms with Gasteiger partial charge in [0.05, 0.1) is 23.9 Å². The summed E-state index contributed by atoms with van der Waals surface area (Å²) in [5.41, 5.74) is 3.16. The number of esters is 1. The smallest absolute Gasteiger partial charge is 0.327 e. The van der Waals surface area contributed by atoms with Crippen LogP contribution in [-0.4, -0.2) is 28.3 Å². The third kappa shape index (κ3) is 3.24. The molecule has 0 saturated carbocycles. The van der Waals surface area contributed by atoms with Crippen LogP contribution >= 0.6 is 0 Å². The fourth-order valence-electron chi connectivity index (χ4n) is 3.13. The van der Waals surface area contributed by atoms with Crippen LogP contribution in [0.2, 0.25) is 0 Å². The van der Waals surface area contributed by atoms with Crippen molar-refractivity contribution in [3.63, 3.8) is 0 Å². The molecule has 128 valence electrons. The van der Waals surface area contributed by atoms with E-state index in [1.807, 2.05) is 19.1 Å². The van der Waals surface area contributed by atoms with Gasteiger partial charge in [0.15, 0.2) is 0 Å². The summed E-state index contributed by atoms with van der Waals surface area (Å²) in [7, 11) is 0. The van der Waals surface area contributed by atoms with Crippen molar-refractivity contribution in [1.82, 2.24) is 9.78 Å². The van der Waals surface area contributed by atoms with E-state index in [1.54, 1.807) is 19.1 Å². The minimum atomic E-state index is -0.400. The third-order valence-electron chi connectivity index (χ3n) is 4.20. The fourth-order valence-corrected chi connectivity index (χ4v) is 3.13. The molecule has 3 rings (SSSR count). The minimum Gasteiger partial charge on any atom is -0.465 e. The number of benzene rings is 1. The zero-order valence-corrected chi connectivity index (χ0v) is 14.1. The maximum Gasteiger partial charge on any atom is 0.327 e. The SMILES string of the molecule is CCOC(=O)Cn1nc(C)c2c1NC(=O)CC2c1ccc(C#N)cc1. The quantitative estimate of drug-likeness (QED) is 0.861. The Bertz CT molecular complexity index is 862. The summed E-state index contributed by atoms with van der Waals surface area (Å²) in [5.74, 6) is -0.155. The Morgan fingerprint density at radius 3 is 2.80 bits per heavy atom. The van der Waals surface area contributed by atoms with Gasteiger partial charge in [0.25, 0.3) is 0 Å². The number of nitrogens with one attached hydrogen (secondary N) is 1. The van der Waals surface area contributed by atoms with Gasteiger partial charge >= 0.3 is 5.97 Å². The number of amides is 1. The molecule has 0 radical (unpaired) electrons. The van der Waals surface area contributed by atoms with Gasteiger partial charge in [-0.05, 0) is 31.5 Å². The molecular formula is C18H18N4O3. The number of nitriles is 1. The number of nitrogens with zero attached hydrogens (tertiary/aromatic N) is 3. The normalized spacial score (nSPS) is 15.9. The number of rotatable bonds is 4. The van der Waals surface area contributed by atoms with Crippen LogP contribution in [-0.2, 0) is 20.9 Å². The second-order valence-corrected chi connectivity index (χ2v) is 5.85. The molecular weight excluding hydrogens is 320 g/mol. The van der Waals surface area contributed by atoms with Crippen molar-refractivity contribution in [3.05, 3.63) is 46.6 Å². The standard InChI is InChI=1S/C18H18N4O3/c1-3-25-16(24)10-22-18-17(11(2)21-22)14(8-15(23)20-18)13-6-4-12(9-19)5-7-13/h4-7,14H,3,8,10H2,1-2H3,(H,20,23). The Morgan fingerprint density at radius 1 is 1.44 bits per heavy atom. The van der Waals surface area contributed by atoms with E-state index in [-0.39, 0.29) is 18.4 Å². The van der Waals surface area contributed by atoms with Gasteiger partial charge in [0.1, 0.15) is 12.4 Å². The molecule has 1 aliphatic heterocycles. The molecule has 0 spiro atoms. The van der Waals surface area contributed by atoms with E-state index in [2.05, 4.69) is 16.5 Å². The number of anilines is 1. The second-order valence-electron chi connectivity index (χ2n) is 5.85. The van der Waals surface area contributed by atoms with Gasteiger partial charge in [0, 0.05) is 17.9 Å². The lowest BCUT2D eigenvalue weighted by Gasteiger charge is -2.24.